The molecule has 0 aliphatic heterocycles. The Morgan fingerprint density at radius 1 is 0.917 bits per heavy atom. The molecule has 0 aromatic carbocycles. The van der Waals surface area contributed by atoms with Gasteiger partial charge in [0.15, 0.2) is 0 Å². The zero-order valence-corrected chi connectivity index (χ0v) is 15.3. The topological polar surface area (TPSA) is 57.5 Å². The van der Waals surface area contributed by atoms with E-state index in [1.54, 1.807) is 19.1 Å². The van der Waals surface area contributed by atoms with Crippen molar-refractivity contribution in [1.29, 1.82) is 0 Å². The number of unbranched alkanes of at least 4 members (excludes halogenated alkanes) is 5. The molecule has 0 saturated carbocycles. The minimum absolute atomic E-state index is 0.0908. The fraction of sp³-hybridized carbons (Fsp3) is 0.571. The van der Waals surface area contributed by atoms with Crippen molar-refractivity contribution in [3.05, 3.63) is 48.6 Å². The van der Waals surface area contributed by atoms with E-state index < -0.39 is 11.6 Å². The molecule has 1 atom stereocenters. The number of carbonyl (C=O) groups is 1. The van der Waals surface area contributed by atoms with Crippen LogP contribution in [0.3, 0.4) is 0 Å². The van der Waals surface area contributed by atoms with Gasteiger partial charge in [-0.25, -0.2) is 0 Å². The monoisotopic (exact) mass is 334 g/mol. The molecule has 0 unspecified atom stereocenters. The molecule has 0 fully saturated rings. The number of allylic oxidation sites excluding steroid dienone is 7. The summed E-state index contributed by atoms with van der Waals surface area (Å²) in [5, 5.41) is 18.6. The van der Waals surface area contributed by atoms with Gasteiger partial charge in [0.2, 0.25) is 0 Å². The Labute approximate surface area is 147 Å². The van der Waals surface area contributed by atoms with Gasteiger partial charge in [0.1, 0.15) is 0 Å². The molecule has 0 amide bonds. The lowest BCUT2D eigenvalue weighted by atomic mass is 9.98. The second kappa shape index (κ2) is 14.9. The average Bonchev–Trinajstić information content (AvgIpc) is 2.51. The van der Waals surface area contributed by atoms with E-state index in [9.17, 15) is 9.90 Å². The average molecular weight is 335 g/mol. The lowest BCUT2D eigenvalue weighted by Gasteiger charge is -2.17. The van der Waals surface area contributed by atoms with Crippen LogP contribution in [-0.4, -0.2) is 21.8 Å². The van der Waals surface area contributed by atoms with Crippen LogP contribution >= 0.6 is 0 Å². The first-order valence-corrected chi connectivity index (χ1v) is 9.10. The molecule has 24 heavy (non-hydrogen) atoms. The van der Waals surface area contributed by atoms with Crippen molar-refractivity contribution in [3.63, 3.8) is 0 Å². The van der Waals surface area contributed by atoms with Gasteiger partial charge in [-0.1, -0.05) is 81.2 Å². The lowest BCUT2D eigenvalue weighted by Crippen LogP contribution is -2.20. The van der Waals surface area contributed by atoms with Crippen LogP contribution in [0.2, 0.25) is 0 Å². The van der Waals surface area contributed by atoms with Crippen LogP contribution in [0.5, 0.6) is 0 Å². The number of hydrogen-bond acceptors (Lipinski definition) is 2. The van der Waals surface area contributed by atoms with Crippen LogP contribution in [0.4, 0.5) is 0 Å². The standard InChI is InChI=1S/C21H34O3/c1-3-4-5-6-7-8-9-10-11-12-13-14-15-18-21(2,24)19-16-17-20(22)23/h9-15,18,24H,3-8,16-17,19H2,1-2H3,(H,22,23)/b10-9+,12-11+,14-13-,18-15+/t21-/m1/s1. The second-order valence-electron chi connectivity index (χ2n) is 6.36. The molecule has 0 bridgehead atoms. The first-order chi connectivity index (χ1) is 11.5. The molecule has 3 heteroatoms. The van der Waals surface area contributed by atoms with E-state index in [2.05, 4.69) is 19.1 Å². The fourth-order valence-electron chi connectivity index (χ4n) is 2.24. The Bertz CT molecular complexity index is 428. The van der Waals surface area contributed by atoms with Crippen molar-refractivity contribution in [3.8, 4) is 0 Å². The summed E-state index contributed by atoms with van der Waals surface area (Å²) in [4.78, 5) is 10.4. The van der Waals surface area contributed by atoms with Crippen molar-refractivity contribution in [2.24, 2.45) is 0 Å². The Balaban J connectivity index is 3.83. The quantitative estimate of drug-likeness (QED) is 0.322. The highest BCUT2D eigenvalue weighted by Gasteiger charge is 2.15. The molecule has 0 radical (unpaired) electrons. The highest BCUT2D eigenvalue weighted by molar-refractivity contribution is 5.66. The molecule has 0 rings (SSSR count). The van der Waals surface area contributed by atoms with Gasteiger partial charge < -0.3 is 10.2 Å². The van der Waals surface area contributed by atoms with E-state index in [1.807, 2.05) is 24.3 Å². The summed E-state index contributed by atoms with van der Waals surface area (Å²) in [7, 11) is 0. The minimum Gasteiger partial charge on any atom is -0.481 e. The van der Waals surface area contributed by atoms with Gasteiger partial charge in [-0.05, 0) is 32.6 Å². The Morgan fingerprint density at radius 3 is 2.21 bits per heavy atom. The number of aliphatic hydroxyl groups is 1. The first kappa shape index (κ1) is 22.4. The van der Waals surface area contributed by atoms with Crippen LogP contribution < -0.4 is 0 Å². The van der Waals surface area contributed by atoms with Crippen LogP contribution in [0.15, 0.2) is 48.6 Å². The lowest BCUT2D eigenvalue weighted by molar-refractivity contribution is -0.137. The van der Waals surface area contributed by atoms with E-state index in [0.29, 0.717) is 12.8 Å². The molecule has 0 spiro atoms. The van der Waals surface area contributed by atoms with E-state index in [4.69, 9.17) is 5.11 Å². The summed E-state index contributed by atoms with van der Waals surface area (Å²) in [5.74, 6) is -0.825. The molecule has 0 aromatic rings. The third-order valence-electron chi connectivity index (χ3n) is 3.69. The molecule has 0 saturated heterocycles. The third kappa shape index (κ3) is 16.8. The highest BCUT2D eigenvalue weighted by Crippen LogP contribution is 2.15. The number of aliphatic carboxylic acids is 1. The zero-order chi connectivity index (χ0) is 18.1. The summed E-state index contributed by atoms with van der Waals surface area (Å²) >= 11 is 0. The molecular weight excluding hydrogens is 300 g/mol. The number of rotatable bonds is 14. The summed E-state index contributed by atoms with van der Waals surface area (Å²) in [6.07, 6.45) is 24.2. The highest BCUT2D eigenvalue weighted by atomic mass is 16.4. The number of hydrogen-bond donors (Lipinski definition) is 2. The predicted molar refractivity (Wildman–Crippen MR) is 102 cm³/mol. The zero-order valence-electron chi connectivity index (χ0n) is 15.3. The molecule has 0 aliphatic rings. The van der Waals surface area contributed by atoms with Gasteiger partial charge in [0.25, 0.3) is 0 Å². The Hall–Kier alpha value is -1.61. The smallest absolute Gasteiger partial charge is 0.303 e. The van der Waals surface area contributed by atoms with Gasteiger partial charge in [-0.3, -0.25) is 4.79 Å². The van der Waals surface area contributed by atoms with Gasteiger partial charge in [-0.2, -0.15) is 0 Å². The molecule has 2 N–H and O–H groups in total. The molecule has 0 aromatic heterocycles. The number of carboxylic acid groups (broad SMARTS) is 1. The first-order valence-electron chi connectivity index (χ1n) is 9.10. The predicted octanol–water partition coefficient (Wildman–Crippen LogP) is 5.58. The normalized spacial score (nSPS) is 15.1. The van der Waals surface area contributed by atoms with Crippen LogP contribution in [0, 0.1) is 0 Å². The van der Waals surface area contributed by atoms with Crippen molar-refractivity contribution in [2.45, 2.75) is 77.2 Å². The Morgan fingerprint density at radius 2 is 1.54 bits per heavy atom. The largest absolute Gasteiger partial charge is 0.481 e. The van der Waals surface area contributed by atoms with Gasteiger partial charge >= 0.3 is 5.97 Å². The van der Waals surface area contributed by atoms with Gasteiger partial charge in [-0.15, -0.1) is 0 Å². The molecule has 0 heterocycles. The second-order valence-corrected chi connectivity index (χ2v) is 6.36. The van der Waals surface area contributed by atoms with Gasteiger partial charge in [0, 0.05) is 6.42 Å². The van der Waals surface area contributed by atoms with E-state index in [1.165, 1.54) is 32.1 Å². The van der Waals surface area contributed by atoms with E-state index >= 15 is 0 Å². The minimum atomic E-state index is -0.957. The van der Waals surface area contributed by atoms with E-state index in [0.717, 1.165) is 6.42 Å². The van der Waals surface area contributed by atoms with Crippen molar-refractivity contribution in [1.82, 2.24) is 0 Å². The van der Waals surface area contributed by atoms with Crippen molar-refractivity contribution in [2.75, 3.05) is 0 Å². The van der Waals surface area contributed by atoms with Crippen LogP contribution in [0.25, 0.3) is 0 Å². The molecular formula is C21H34O3. The number of carboxylic acids is 1. The summed E-state index contributed by atoms with van der Waals surface area (Å²) < 4.78 is 0. The Kier molecular flexibility index (Phi) is 13.9. The van der Waals surface area contributed by atoms with Gasteiger partial charge in [0.05, 0.1) is 5.60 Å². The fourth-order valence-corrected chi connectivity index (χ4v) is 2.24. The van der Waals surface area contributed by atoms with Crippen molar-refractivity contribution < 1.29 is 15.0 Å². The third-order valence-corrected chi connectivity index (χ3v) is 3.69. The van der Waals surface area contributed by atoms with Crippen molar-refractivity contribution >= 4 is 5.97 Å². The van der Waals surface area contributed by atoms with Crippen LogP contribution in [-0.2, 0) is 4.79 Å². The maximum atomic E-state index is 10.4. The summed E-state index contributed by atoms with van der Waals surface area (Å²) in [6.45, 7) is 3.92. The van der Waals surface area contributed by atoms with Crippen LogP contribution in [0.1, 0.15) is 71.6 Å². The molecule has 3 nitrogen and oxygen atoms in total. The summed E-state index contributed by atoms with van der Waals surface area (Å²) in [5.41, 5.74) is -0.957. The summed E-state index contributed by atoms with van der Waals surface area (Å²) in [6, 6.07) is 0. The SMILES string of the molecule is CCCCCCC/C=C/C=C/C=C\C=C\[C@@](C)(O)CCCC(=O)O. The maximum absolute atomic E-state index is 10.4. The molecule has 0 aliphatic carbocycles. The van der Waals surface area contributed by atoms with E-state index in [-0.39, 0.29) is 6.42 Å². The molecule has 136 valence electrons. The maximum Gasteiger partial charge on any atom is 0.303 e.